The van der Waals surface area contributed by atoms with Gasteiger partial charge in [-0.25, -0.2) is 4.98 Å². The number of morpholine rings is 1. The van der Waals surface area contributed by atoms with Crippen molar-refractivity contribution in [2.24, 2.45) is 0 Å². The average Bonchev–Trinajstić information content (AvgIpc) is 3.24. The first-order valence-corrected chi connectivity index (χ1v) is 11.0. The summed E-state index contributed by atoms with van der Waals surface area (Å²) in [6.07, 6.45) is 3.76. The van der Waals surface area contributed by atoms with Gasteiger partial charge in [0.2, 0.25) is 5.78 Å². The molecule has 1 atom stereocenters. The number of hydrogen-bond donors (Lipinski definition) is 1. The summed E-state index contributed by atoms with van der Waals surface area (Å²) in [5.74, 6) is 1.55. The standard InChI is InChI=1S/C23H24BrN5O/c1-15-18(4-3-5-20(15)24)16(2)26-22-19-14-17(28-10-12-30-13-11-28)6-7-21(19)29-9-8-25-23(29)27-22/h3-9,14,16H,10-13H2,1-2H3,(H,25,26,27)/t16-/m1/s1. The van der Waals surface area contributed by atoms with Crippen LogP contribution < -0.4 is 10.2 Å². The van der Waals surface area contributed by atoms with Gasteiger partial charge in [-0.1, -0.05) is 28.1 Å². The molecule has 2 aromatic carbocycles. The molecule has 1 aliphatic heterocycles. The van der Waals surface area contributed by atoms with Gasteiger partial charge in [-0.2, -0.15) is 4.98 Å². The Morgan fingerprint density at radius 1 is 1.17 bits per heavy atom. The van der Waals surface area contributed by atoms with Gasteiger partial charge in [0.05, 0.1) is 24.8 Å². The van der Waals surface area contributed by atoms with Gasteiger partial charge in [-0.3, -0.25) is 4.40 Å². The van der Waals surface area contributed by atoms with Crippen molar-refractivity contribution in [1.29, 1.82) is 0 Å². The molecule has 1 aliphatic rings. The molecule has 2 aromatic heterocycles. The van der Waals surface area contributed by atoms with Gasteiger partial charge in [0, 0.05) is 41.0 Å². The number of nitrogens with one attached hydrogen (secondary N) is 1. The fourth-order valence-corrected chi connectivity index (χ4v) is 4.54. The van der Waals surface area contributed by atoms with Crippen molar-refractivity contribution in [1.82, 2.24) is 14.4 Å². The second-order valence-electron chi connectivity index (χ2n) is 7.68. The van der Waals surface area contributed by atoms with E-state index in [-0.39, 0.29) is 6.04 Å². The van der Waals surface area contributed by atoms with Crippen molar-refractivity contribution in [3.63, 3.8) is 0 Å². The van der Waals surface area contributed by atoms with Gasteiger partial charge in [0.25, 0.3) is 0 Å². The predicted molar refractivity (Wildman–Crippen MR) is 124 cm³/mol. The van der Waals surface area contributed by atoms with Gasteiger partial charge in [0.1, 0.15) is 5.82 Å². The second-order valence-corrected chi connectivity index (χ2v) is 8.53. The summed E-state index contributed by atoms with van der Waals surface area (Å²) < 4.78 is 8.68. The molecular formula is C23H24BrN5O. The zero-order valence-electron chi connectivity index (χ0n) is 17.1. The number of benzene rings is 2. The number of fused-ring (bicyclic) bond motifs is 3. The van der Waals surface area contributed by atoms with Crippen molar-refractivity contribution < 1.29 is 4.74 Å². The summed E-state index contributed by atoms with van der Waals surface area (Å²) in [6.45, 7) is 7.65. The highest BCUT2D eigenvalue weighted by molar-refractivity contribution is 9.10. The van der Waals surface area contributed by atoms with Crippen LogP contribution in [0.15, 0.2) is 53.3 Å². The molecule has 1 fully saturated rings. The maximum atomic E-state index is 5.52. The molecule has 0 aliphatic carbocycles. The van der Waals surface area contributed by atoms with Crippen molar-refractivity contribution in [2.45, 2.75) is 19.9 Å². The fourth-order valence-electron chi connectivity index (χ4n) is 4.15. The monoisotopic (exact) mass is 465 g/mol. The van der Waals surface area contributed by atoms with Crippen LogP contribution in [0.4, 0.5) is 11.5 Å². The summed E-state index contributed by atoms with van der Waals surface area (Å²) >= 11 is 3.65. The fraction of sp³-hybridized carbons (Fsp3) is 0.304. The first-order valence-electron chi connectivity index (χ1n) is 10.2. The van der Waals surface area contributed by atoms with Crippen LogP contribution in [0.5, 0.6) is 0 Å². The Labute approximate surface area is 184 Å². The Bertz CT molecular complexity index is 1220. The second kappa shape index (κ2) is 7.89. The number of imidazole rings is 1. The summed E-state index contributed by atoms with van der Waals surface area (Å²) in [7, 11) is 0. The van der Waals surface area contributed by atoms with E-state index in [9.17, 15) is 0 Å². The molecule has 7 heteroatoms. The Kier molecular flexibility index (Phi) is 5.08. The molecule has 30 heavy (non-hydrogen) atoms. The number of anilines is 2. The molecule has 0 unspecified atom stereocenters. The molecule has 4 aromatic rings. The lowest BCUT2D eigenvalue weighted by Crippen LogP contribution is -2.36. The topological polar surface area (TPSA) is 54.7 Å². The lowest BCUT2D eigenvalue weighted by Gasteiger charge is -2.29. The first kappa shape index (κ1) is 19.3. The lowest BCUT2D eigenvalue weighted by molar-refractivity contribution is 0.122. The van der Waals surface area contributed by atoms with Crippen LogP contribution in [-0.2, 0) is 4.74 Å². The van der Waals surface area contributed by atoms with Crippen LogP contribution >= 0.6 is 15.9 Å². The molecule has 0 bridgehead atoms. The zero-order valence-corrected chi connectivity index (χ0v) is 18.7. The highest BCUT2D eigenvalue weighted by atomic mass is 79.9. The minimum absolute atomic E-state index is 0.0997. The van der Waals surface area contributed by atoms with Crippen LogP contribution in [0.25, 0.3) is 16.7 Å². The molecule has 5 rings (SSSR count). The quantitative estimate of drug-likeness (QED) is 0.461. The zero-order chi connectivity index (χ0) is 20.7. The third-order valence-corrected chi connectivity index (χ3v) is 6.69. The first-order chi connectivity index (χ1) is 14.6. The van der Waals surface area contributed by atoms with Crippen molar-refractivity contribution in [3.05, 3.63) is 64.4 Å². The maximum Gasteiger partial charge on any atom is 0.236 e. The van der Waals surface area contributed by atoms with Crippen molar-refractivity contribution >= 4 is 44.1 Å². The average molecular weight is 466 g/mol. The van der Waals surface area contributed by atoms with Crippen molar-refractivity contribution in [3.8, 4) is 0 Å². The van der Waals surface area contributed by atoms with Gasteiger partial charge in [-0.15, -0.1) is 0 Å². The van der Waals surface area contributed by atoms with Gasteiger partial charge in [0.15, 0.2) is 0 Å². The normalized spacial score (nSPS) is 15.6. The predicted octanol–water partition coefficient (Wildman–Crippen LogP) is 4.96. The summed E-state index contributed by atoms with van der Waals surface area (Å²) in [6, 6.07) is 13.0. The molecule has 3 heterocycles. The molecule has 0 spiro atoms. The Hall–Kier alpha value is -2.64. The highest BCUT2D eigenvalue weighted by Crippen LogP contribution is 2.32. The number of aromatic nitrogens is 3. The summed E-state index contributed by atoms with van der Waals surface area (Å²) in [4.78, 5) is 11.7. The molecule has 1 N–H and O–H groups in total. The van der Waals surface area contributed by atoms with E-state index in [4.69, 9.17) is 9.72 Å². The van der Waals surface area contributed by atoms with Crippen LogP contribution in [0.3, 0.4) is 0 Å². The highest BCUT2D eigenvalue weighted by Gasteiger charge is 2.17. The van der Waals surface area contributed by atoms with Crippen LogP contribution in [0.2, 0.25) is 0 Å². The Balaban J connectivity index is 1.60. The summed E-state index contributed by atoms with van der Waals surface area (Å²) in [5.41, 5.74) is 4.76. The van der Waals surface area contributed by atoms with Gasteiger partial charge >= 0.3 is 0 Å². The van der Waals surface area contributed by atoms with Gasteiger partial charge in [-0.05, 0) is 49.2 Å². The van der Waals surface area contributed by atoms with E-state index in [1.165, 1.54) is 16.8 Å². The maximum absolute atomic E-state index is 5.52. The number of hydrogen-bond acceptors (Lipinski definition) is 5. The minimum Gasteiger partial charge on any atom is -0.378 e. The number of nitrogens with zero attached hydrogens (tertiary/aromatic N) is 4. The third kappa shape index (κ3) is 3.42. The van der Waals surface area contributed by atoms with E-state index in [1.807, 2.05) is 10.6 Å². The van der Waals surface area contributed by atoms with E-state index in [0.29, 0.717) is 5.78 Å². The number of halogens is 1. The van der Waals surface area contributed by atoms with Crippen LogP contribution in [0, 0.1) is 6.92 Å². The number of rotatable bonds is 4. The smallest absolute Gasteiger partial charge is 0.236 e. The molecule has 0 saturated carbocycles. The Morgan fingerprint density at radius 3 is 2.83 bits per heavy atom. The molecular weight excluding hydrogens is 442 g/mol. The van der Waals surface area contributed by atoms with Crippen LogP contribution in [-0.4, -0.2) is 40.7 Å². The van der Waals surface area contributed by atoms with E-state index in [2.05, 4.69) is 81.4 Å². The molecule has 154 valence electrons. The summed E-state index contributed by atoms with van der Waals surface area (Å²) in [5, 5.41) is 4.74. The molecule has 1 saturated heterocycles. The van der Waals surface area contributed by atoms with E-state index >= 15 is 0 Å². The van der Waals surface area contributed by atoms with E-state index in [0.717, 1.165) is 47.5 Å². The van der Waals surface area contributed by atoms with Crippen LogP contribution in [0.1, 0.15) is 24.1 Å². The van der Waals surface area contributed by atoms with E-state index in [1.54, 1.807) is 6.20 Å². The molecule has 0 amide bonds. The van der Waals surface area contributed by atoms with Gasteiger partial charge < -0.3 is 15.0 Å². The SMILES string of the molecule is Cc1c(Br)cccc1[C@@H](C)Nc1nc2nccn2c2ccc(N3CCOCC3)cc12. The minimum atomic E-state index is 0.0997. The van der Waals surface area contributed by atoms with E-state index < -0.39 is 0 Å². The number of ether oxygens (including phenoxy) is 1. The van der Waals surface area contributed by atoms with Crippen molar-refractivity contribution in [2.75, 3.05) is 36.5 Å². The lowest BCUT2D eigenvalue weighted by atomic mass is 10.0. The third-order valence-electron chi connectivity index (χ3n) is 5.83. The largest absolute Gasteiger partial charge is 0.378 e. The molecule has 6 nitrogen and oxygen atoms in total. The Morgan fingerprint density at radius 2 is 2.00 bits per heavy atom. The molecule has 0 radical (unpaired) electrons.